The number of nitrogens with zero attached hydrogens (tertiary/aromatic N) is 2. The number of hydrogen-bond donors (Lipinski definition) is 0. The summed E-state index contributed by atoms with van der Waals surface area (Å²) in [7, 11) is 3.10. The number of rotatable bonds is 6. The molecule has 3 heterocycles. The Morgan fingerprint density at radius 1 is 1.18 bits per heavy atom. The minimum Gasteiger partial charge on any atom is -0.493 e. The zero-order chi connectivity index (χ0) is 23.7. The SMILES string of the molecule is CCOC(=O)C1=C(C)N=c2sc(=Cc3sccc3C)c(=O)n2C1c1ccc(OC)c(OC)c1. The van der Waals surface area contributed by atoms with Crippen molar-refractivity contribution < 1.29 is 19.0 Å². The van der Waals surface area contributed by atoms with E-state index in [9.17, 15) is 9.59 Å². The molecule has 0 saturated heterocycles. The van der Waals surface area contributed by atoms with E-state index in [-0.39, 0.29) is 12.2 Å². The largest absolute Gasteiger partial charge is 0.493 e. The van der Waals surface area contributed by atoms with Gasteiger partial charge in [-0.3, -0.25) is 9.36 Å². The lowest BCUT2D eigenvalue weighted by Gasteiger charge is -2.25. The molecule has 172 valence electrons. The molecule has 1 unspecified atom stereocenters. The number of allylic oxidation sites excluding steroid dienone is 1. The summed E-state index contributed by atoms with van der Waals surface area (Å²) in [5, 5.41) is 1.99. The van der Waals surface area contributed by atoms with Crippen LogP contribution in [0.5, 0.6) is 11.5 Å². The third kappa shape index (κ3) is 4.14. The summed E-state index contributed by atoms with van der Waals surface area (Å²) in [6.07, 6.45) is 1.89. The third-order valence-electron chi connectivity index (χ3n) is 5.40. The molecule has 3 aromatic rings. The topological polar surface area (TPSA) is 79.1 Å². The molecule has 0 spiro atoms. The van der Waals surface area contributed by atoms with E-state index < -0.39 is 12.0 Å². The molecule has 0 fully saturated rings. The second-order valence-corrected chi connectivity index (χ2v) is 9.34. The molecule has 1 atom stereocenters. The molecule has 1 aliphatic heterocycles. The van der Waals surface area contributed by atoms with Crippen LogP contribution in [0.15, 0.2) is 50.7 Å². The minimum absolute atomic E-state index is 0.208. The maximum absolute atomic E-state index is 13.6. The summed E-state index contributed by atoms with van der Waals surface area (Å²) >= 11 is 2.88. The van der Waals surface area contributed by atoms with E-state index in [4.69, 9.17) is 14.2 Å². The number of thiazole rings is 1. The van der Waals surface area contributed by atoms with Gasteiger partial charge in [0.1, 0.15) is 0 Å². The van der Waals surface area contributed by atoms with Gasteiger partial charge in [0.05, 0.1) is 42.7 Å². The summed E-state index contributed by atoms with van der Waals surface area (Å²) in [6.45, 7) is 5.74. The van der Waals surface area contributed by atoms with E-state index in [1.807, 2.05) is 30.5 Å². The minimum atomic E-state index is -0.702. The van der Waals surface area contributed by atoms with Crippen LogP contribution in [-0.2, 0) is 9.53 Å². The van der Waals surface area contributed by atoms with Gasteiger partial charge in [-0.1, -0.05) is 17.4 Å². The van der Waals surface area contributed by atoms with Crippen molar-refractivity contribution in [2.75, 3.05) is 20.8 Å². The molecule has 1 aromatic carbocycles. The number of carbonyl (C=O) groups excluding carboxylic acids is 1. The van der Waals surface area contributed by atoms with Crippen LogP contribution in [0.25, 0.3) is 6.08 Å². The zero-order valence-corrected chi connectivity index (χ0v) is 20.6. The number of aryl methyl sites for hydroxylation is 1. The fraction of sp³-hybridized carbons (Fsp3) is 0.292. The molecule has 0 amide bonds. The van der Waals surface area contributed by atoms with Crippen LogP contribution in [0.3, 0.4) is 0 Å². The number of esters is 1. The van der Waals surface area contributed by atoms with Gasteiger partial charge in [0.25, 0.3) is 5.56 Å². The molecule has 0 radical (unpaired) electrons. The summed E-state index contributed by atoms with van der Waals surface area (Å²) in [4.78, 5) is 32.7. The molecule has 0 bridgehead atoms. The maximum atomic E-state index is 13.6. The third-order valence-corrected chi connectivity index (χ3v) is 7.35. The highest BCUT2D eigenvalue weighted by Crippen LogP contribution is 2.36. The van der Waals surface area contributed by atoms with Crippen molar-refractivity contribution in [1.82, 2.24) is 4.57 Å². The highest BCUT2D eigenvalue weighted by molar-refractivity contribution is 7.11. The zero-order valence-electron chi connectivity index (χ0n) is 19.0. The van der Waals surface area contributed by atoms with Gasteiger partial charge in [-0.15, -0.1) is 11.3 Å². The molecule has 1 aliphatic rings. The second kappa shape index (κ2) is 9.36. The van der Waals surface area contributed by atoms with Gasteiger partial charge in [0.15, 0.2) is 16.3 Å². The van der Waals surface area contributed by atoms with E-state index in [1.165, 1.54) is 11.3 Å². The Labute approximate surface area is 198 Å². The number of carbonyl (C=O) groups is 1. The van der Waals surface area contributed by atoms with Crippen molar-refractivity contribution in [2.24, 2.45) is 4.99 Å². The number of ether oxygens (including phenoxy) is 3. The van der Waals surface area contributed by atoms with Gasteiger partial charge in [-0.2, -0.15) is 0 Å². The van der Waals surface area contributed by atoms with Crippen molar-refractivity contribution in [3.63, 3.8) is 0 Å². The normalized spacial score (nSPS) is 15.8. The van der Waals surface area contributed by atoms with E-state index in [0.29, 0.717) is 37.7 Å². The Balaban J connectivity index is 1.99. The highest BCUT2D eigenvalue weighted by atomic mass is 32.1. The van der Waals surface area contributed by atoms with Crippen molar-refractivity contribution in [2.45, 2.75) is 26.8 Å². The van der Waals surface area contributed by atoms with Crippen molar-refractivity contribution >= 4 is 34.7 Å². The summed E-state index contributed by atoms with van der Waals surface area (Å²) in [5.41, 5.74) is 2.44. The molecular weight excluding hydrogens is 460 g/mol. The monoisotopic (exact) mass is 484 g/mol. The van der Waals surface area contributed by atoms with Crippen LogP contribution in [0.2, 0.25) is 0 Å². The molecule has 9 heteroatoms. The predicted molar refractivity (Wildman–Crippen MR) is 129 cm³/mol. The van der Waals surface area contributed by atoms with Gasteiger partial charge in [0, 0.05) is 4.88 Å². The van der Waals surface area contributed by atoms with Gasteiger partial charge < -0.3 is 14.2 Å². The standard InChI is InChI=1S/C24H24N2O5S2/c1-6-31-23(28)20-14(3)25-24-26(21(20)15-7-8-16(29-4)17(11-15)30-5)22(27)19(33-24)12-18-13(2)9-10-32-18/h7-12,21H,6H2,1-5H3. The average Bonchev–Trinajstić information content (AvgIpc) is 3.34. The summed E-state index contributed by atoms with van der Waals surface area (Å²) in [5.74, 6) is 0.561. The first-order valence-corrected chi connectivity index (χ1v) is 12.0. The number of thiophene rings is 1. The molecule has 33 heavy (non-hydrogen) atoms. The number of hydrogen-bond acceptors (Lipinski definition) is 8. The number of benzene rings is 1. The highest BCUT2D eigenvalue weighted by Gasteiger charge is 2.33. The summed E-state index contributed by atoms with van der Waals surface area (Å²) < 4.78 is 18.3. The van der Waals surface area contributed by atoms with Crippen LogP contribution in [-0.4, -0.2) is 31.4 Å². The van der Waals surface area contributed by atoms with Crippen molar-refractivity contribution in [3.8, 4) is 11.5 Å². The van der Waals surface area contributed by atoms with Gasteiger partial charge in [0.2, 0.25) is 0 Å². The van der Waals surface area contributed by atoms with Gasteiger partial charge in [-0.25, -0.2) is 9.79 Å². The van der Waals surface area contributed by atoms with Crippen LogP contribution in [0, 0.1) is 6.92 Å². The molecule has 0 saturated carbocycles. The molecule has 7 nitrogen and oxygen atoms in total. The Morgan fingerprint density at radius 2 is 1.94 bits per heavy atom. The Hall–Kier alpha value is -3.17. The van der Waals surface area contributed by atoms with E-state index in [2.05, 4.69) is 4.99 Å². The quantitative estimate of drug-likeness (QED) is 0.502. The predicted octanol–water partition coefficient (Wildman–Crippen LogP) is 3.19. The molecule has 0 aliphatic carbocycles. The maximum Gasteiger partial charge on any atom is 0.338 e. The first-order valence-electron chi connectivity index (χ1n) is 10.3. The van der Waals surface area contributed by atoms with E-state index >= 15 is 0 Å². The van der Waals surface area contributed by atoms with E-state index in [0.717, 1.165) is 10.4 Å². The van der Waals surface area contributed by atoms with E-state index in [1.54, 1.807) is 56.1 Å². The second-order valence-electron chi connectivity index (χ2n) is 7.38. The van der Waals surface area contributed by atoms with Gasteiger partial charge in [-0.05, 0) is 61.6 Å². The fourth-order valence-electron chi connectivity index (χ4n) is 3.78. The average molecular weight is 485 g/mol. The first kappa shape index (κ1) is 23.0. The Morgan fingerprint density at radius 3 is 2.58 bits per heavy atom. The fourth-order valence-corrected chi connectivity index (χ4v) is 5.74. The molecular formula is C24H24N2O5S2. The van der Waals surface area contributed by atoms with Gasteiger partial charge >= 0.3 is 5.97 Å². The lowest BCUT2D eigenvalue weighted by molar-refractivity contribution is -0.139. The lowest BCUT2D eigenvalue weighted by Crippen LogP contribution is -2.39. The Bertz CT molecular complexity index is 1430. The number of fused-ring (bicyclic) bond motifs is 1. The first-order chi connectivity index (χ1) is 15.9. The molecule has 4 rings (SSSR count). The Kier molecular flexibility index (Phi) is 6.53. The van der Waals surface area contributed by atoms with Crippen LogP contribution in [0.4, 0.5) is 0 Å². The summed E-state index contributed by atoms with van der Waals surface area (Å²) in [6, 6.07) is 6.68. The van der Waals surface area contributed by atoms with Crippen molar-refractivity contribution in [1.29, 1.82) is 0 Å². The van der Waals surface area contributed by atoms with Crippen LogP contribution < -0.4 is 24.4 Å². The smallest absolute Gasteiger partial charge is 0.338 e. The van der Waals surface area contributed by atoms with Crippen LogP contribution >= 0.6 is 22.7 Å². The van der Waals surface area contributed by atoms with Crippen LogP contribution in [0.1, 0.15) is 35.9 Å². The lowest BCUT2D eigenvalue weighted by atomic mass is 9.95. The number of aromatic nitrogens is 1. The number of methoxy groups -OCH3 is 2. The molecule has 0 N–H and O–H groups in total. The molecule has 2 aromatic heterocycles. The van der Waals surface area contributed by atoms with Crippen molar-refractivity contribution in [3.05, 3.63) is 76.6 Å².